The van der Waals surface area contributed by atoms with Crippen LogP contribution in [0.2, 0.25) is 0 Å². The van der Waals surface area contributed by atoms with Crippen LogP contribution in [-0.2, 0) is 13.0 Å². The predicted molar refractivity (Wildman–Crippen MR) is 113 cm³/mol. The highest BCUT2D eigenvalue weighted by molar-refractivity contribution is 5.50. The quantitative estimate of drug-likeness (QED) is 0.760. The Morgan fingerprint density at radius 3 is 2.57 bits per heavy atom. The summed E-state index contributed by atoms with van der Waals surface area (Å²) >= 11 is 0. The number of ether oxygens (including phenoxy) is 1. The molecule has 0 saturated heterocycles. The molecule has 0 saturated carbocycles. The summed E-state index contributed by atoms with van der Waals surface area (Å²) < 4.78 is 5.35. The standard InChI is InChI=1S/C22H32N4O2/c1-14(2)19-11-21(25-22(23-19)24-20(13-27)15(3)4)26-9-8-16-10-18(28-5)7-6-17(16)12-26/h6-7,10-11,14-15,20,27H,8-9,12-13H2,1-5H3,(H,23,24,25)/t20-/m1/s1. The van der Waals surface area contributed by atoms with Crippen LogP contribution >= 0.6 is 0 Å². The van der Waals surface area contributed by atoms with Gasteiger partial charge in [-0.3, -0.25) is 0 Å². The topological polar surface area (TPSA) is 70.5 Å². The van der Waals surface area contributed by atoms with Gasteiger partial charge in [0.2, 0.25) is 5.95 Å². The summed E-state index contributed by atoms with van der Waals surface area (Å²) in [5, 5.41) is 13.0. The molecule has 6 heteroatoms. The molecule has 1 aliphatic rings. The molecule has 0 aliphatic carbocycles. The number of rotatable bonds is 7. The van der Waals surface area contributed by atoms with E-state index in [2.05, 4.69) is 61.1 Å². The molecule has 3 rings (SSSR count). The number of anilines is 2. The van der Waals surface area contributed by atoms with Gasteiger partial charge in [-0.2, -0.15) is 4.98 Å². The fraction of sp³-hybridized carbons (Fsp3) is 0.545. The molecule has 152 valence electrons. The van der Waals surface area contributed by atoms with Gasteiger partial charge in [-0.05, 0) is 41.5 Å². The number of methoxy groups -OCH3 is 1. The minimum atomic E-state index is -0.0650. The van der Waals surface area contributed by atoms with Crippen molar-refractivity contribution in [2.24, 2.45) is 5.92 Å². The predicted octanol–water partition coefficient (Wildman–Crippen LogP) is 3.60. The second-order valence-electron chi connectivity index (χ2n) is 8.11. The monoisotopic (exact) mass is 384 g/mol. The molecule has 2 aromatic rings. The minimum Gasteiger partial charge on any atom is -0.497 e. The van der Waals surface area contributed by atoms with Crippen LogP contribution in [0.15, 0.2) is 24.3 Å². The zero-order valence-corrected chi connectivity index (χ0v) is 17.6. The largest absolute Gasteiger partial charge is 0.497 e. The molecular weight excluding hydrogens is 352 g/mol. The van der Waals surface area contributed by atoms with Gasteiger partial charge in [-0.15, -0.1) is 0 Å². The van der Waals surface area contributed by atoms with E-state index in [4.69, 9.17) is 9.72 Å². The summed E-state index contributed by atoms with van der Waals surface area (Å²) in [5.74, 6) is 3.02. The van der Waals surface area contributed by atoms with Gasteiger partial charge in [0.1, 0.15) is 11.6 Å². The van der Waals surface area contributed by atoms with E-state index in [1.165, 1.54) is 11.1 Å². The third-order valence-corrected chi connectivity index (χ3v) is 5.39. The van der Waals surface area contributed by atoms with Crippen molar-refractivity contribution < 1.29 is 9.84 Å². The van der Waals surface area contributed by atoms with E-state index in [0.717, 1.165) is 36.8 Å². The Balaban J connectivity index is 1.88. The first kappa shape index (κ1) is 20.4. The van der Waals surface area contributed by atoms with Crippen molar-refractivity contribution in [1.82, 2.24) is 9.97 Å². The fourth-order valence-electron chi connectivity index (χ4n) is 3.42. The van der Waals surface area contributed by atoms with Crippen LogP contribution in [0.5, 0.6) is 5.75 Å². The third-order valence-electron chi connectivity index (χ3n) is 5.39. The Hall–Kier alpha value is -2.34. The SMILES string of the molecule is COc1ccc2c(c1)CCN(c1cc(C(C)C)nc(N[C@H](CO)C(C)C)n1)C2. The zero-order chi connectivity index (χ0) is 20.3. The van der Waals surface area contributed by atoms with Crippen LogP contribution in [0.4, 0.5) is 11.8 Å². The van der Waals surface area contributed by atoms with E-state index in [0.29, 0.717) is 11.9 Å². The van der Waals surface area contributed by atoms with E-state index in [9.17, 15) is 5.11 Å². The van der Waals surface area contributed by atoms with Crippen molar-refractivity contribution >= 4 is 11.8 Å². The van der Waals surface area contributed by atoms with Crippen molar-refractivity contribution in [3.8, 4) is 5.75 Å². The Morgan fingerprint density at radius 1 is 1.14 bits per heavy atom. The average Bonchev–Trinajstić information content (AvgIpc) is 2.70. The zero-order valence-electron chi connectivity index (χ0n) is 17.6. The molecule has 0 unspecified atom stereocenters. The number of nitrogens with zero attached hydrogens (tertiary/aromatic N) is 3. The van der Waals surface area contributed by atoms with E-state index in [1.54, 1.807) is 7.11 Å². The molecule has 1 atom stereocenters. The summed E-state index contributed by atoms with van der Waals surface area (Å²) in [6.07, 6.45) is 0.960. The lowest BCUT2D eigenvalue weighted by atomic mass is 9.99. The molecule has 28 heavy (non-hydrogen) atoms. The molecule has 0 spiro atoms. The van der Waals surface area contributed by atoms with Gasteiger partial charge in [-0.1, -0.05) is 33.8 Å². The molecular formula is C22H32N4O2. The van der Waals surface area contributed by atoms with Crippen LogP contribution in [0.3, 0.4) is 0 Å². The number of aliphatic hydroxyl groups is 1. The number of aromatic nitrogens is 2. The number of aliphatic hydroxyl groups excluding tert-OH is 1. The molecule has 0 amide bonds. The van der Waals surface area contributed by atoms with Crippen LogP contribution in [-0.4, -0.2) is 41.4 Å². The molecule has 0 fully saturated rings. The lowest BCUT2D eigenvalue weighted by Gasteiger charge is -2.31. The summed E-state index contributed by atoms with van der Waals surface area (Å²) in [7, 11) is 1.70. The van der Waals surface area contributed by atoms with Gasteiger partial charge in [-0.25, -0.2) is 4.98 Å². The highest BCUT2D eigenvalue weighted by atomic mass is 16.5. The van der Waals surface area contributed by atoms with Crippen molar-refractivity contribution in [1.29, 1.82) is 0 Å². The fourth-order valence-corrected chi connectivity index (χ4v) is 3.42. The number of fused-ring (bicyclic) bond motifs is 1. The maximum absolute atomic E-state index is 9.67. The first-order valence-corrected chi connectivity index (χ1v) is 10.1. The van der Waals surface area contributed by atoms with Crippen molar-refractivity contribution in [3.63, 3.8) is 0 Å². The van der Waals surface area contributed by atoms with Gasteiger partial charge in [0, 0.05) is 19.2 Å². The van der Waals surface area contributed by atoms with Crippen LogP contribution in [0.1, 0.15) is 50.4 Å². The smallest absolute Gasteiger partial charge is 0.225 e. The van der Waals surface area contributed by atoms with Crippen LogP contribution < -0.4 is 15.0 Å². The number of nitrogens with one attached hydrogen (secondary N) is 1. The molecule has 0 radical (unpaired) electrons. The summed E-state index contributed by atoms with van der Waals surface area (Å²) in [6.45, 7) is 10.2. The van der Waals surface area contributed by atoms with Crippen LogP contribution in [0.25, 0.3) is 0 Å². The lowest BCUT2D eigenvalue weighted by molar-refractivity contribution is 0.248. The van der Waals surface area contributed by atoms with Crippen LogP contribution in [0, 0.1) is 5.92 Å². The normalized spacial score (nSPS) is 14.9. The van der Waals surface area contributed by atoms with Gasteiger partial charge in [0.05, 0.1) is 25.5 Å². The Morgan fingerprint density at radius 2 is 1.93 bits per heavy atom. The van der Waals surface area contributed by atoms with Gasteiger partial charge in [0.25, 0.3) is 0 Å². The number of hydrogen-bond acceptors (Lipinski definition) is 6. The van der Waals surface area contributed by atoms with Crippen molar-refractivity contribution in [2.45, 2.75) is 52.6 Å². The Kier molecular flexibility index (Phi) is 6.39. The maximum atomic E-state index is 9.67. The van der Waals surface area contributed by atoms with Gasteiger partial charge >= 0.3 is 0 Å². The third kappa shape index (κ3) is 4.55. The number of hydrogen-bond donors (Lipinski definition) is 2. The molecule has 6 nitrogen and oxygen atoms in total. The minimum absolute atomic E-state index is 0.0567. The second-order valence-corrected chi connectivity index (χ2v) is 8.11. The first-order valence-electron chi connectivity index (χ1n) is 10.1. The molecule has 1 aromatic carbocycles. The summed E-state index contributed by atoms with van der Waals surface area (Å²) in [6, 6.07) is 8.32. The molecule has 1 aliphatic heterocycles. The summed E-state index contributed by atoms with van der Waals surface area (Å²) in [4.78, 5) is 11.8. The highest BCUT2D eigenvalue weighted by Gasteiger charge is 2.21. The molecule has 2 heterocycles. The average molecular weight is 385 g/mol. The van der Waals surface area contributed by atoms with Crippen molar-refractivity contribution in [2.75, 3.05) is 30.5 Å². The lowest BCUT2D eigenvalue weighted by Crippen LogP contribution is -2.33. The summed E-state index contributed by atoms with van der Waals surface area (Å²) in [5.41, 5.74) is 3.65. The highest BCUT2D eigenvalue weighted by Crippen LogP contribution is 2.28. The molecule has 2 N–H and O–H groups in total. The van der Waals surface area contributed by atoms with E-state index < -0.39 is 0 Å². The van der Waals surface area contributed by atoms with Gasteiger partial charge in [0.15, 0.2) is 0 Å². The van der Waals surface area contributed by atoms with Crippen molar-refractivity contribution in [3.05, 3.63) is 41.1 Å². The molecule has 1 aromatic heterocycles. The Labute approximate surface area is 168 Å². The maximum Gasteiger partial charge on any atom is 0.225 e. The van der Waals surface area contributed by atoms with E-state index in [-0.39, 0.29) is 18.6 Å². The second kappa shape index (κ2) is 8.78. The molecule has 0 bridgehead atoms. The first-order chi connectivity index (χ1) is 13.4. The van der Waals surface area contributed by atoms with E-state index in [1.807, 2.05) is 6.07 Å². The van der Waals surface area contributed by atoms with E-state index >= 15 is 0 Å². The number of benzene rings is 1. The Bertz CT molecular complexity index is 807. The van der Waals surface area contributed by atoms with Gasteiger partial charge < -0.3 is 20.1 Å².